The largest absolute Gasteiger partial charge is 0.321 e. The third kappa shape index (κ3) is 2.98. The van der Waals surface area contributed by atoms with E-state index in [-0.39, 0.29) is 5.91 Å². The summed E-state index contributed by atoms with van der Waals surface area (Å²) in [4.78, 5) is 12.8. The van der Waals surface area contributed by atoms with Crippen LogP contribution in [0.3, 0.4) is 0 Å². The number of hydrogen-bond donors (Lipinski definition) is 1. The predicted octanol–water partition coefficient (Wildman–Crippen LogP) is 5.88. The van der Waals surface area contributed by atoms with Crippen molar-refractivity contribution >= 4 is 61.2 Å². The molecule has 0 saturated heterocycles. The highest BCUT2D eigenvalue weighted by Gasteiger charge is 2.14. The maximum absolute atomic E-state index is 12.2. The number of halogens is 2. The van der Waals surface area contributed by atoms with E-state index in [1.807, 2.05) is 48.7 Å². The fraction of sp³-hybridized carbons (Fsp3) is 0.0625. The van der Waals surface area contributed by atoms with Gasteiger partial charge in [0, 0.05) is 10.2 Å². The Labute approximate surface area is 139 Å². The molecule has 5 heteroatoms. The molecule has 0 aliphatic carbocycles. The van der Waals surface area contributed by atoms with Crippen molar-refractivity contribution in [1.82, 2.24) is 0 Å². The van der Waals surface area contributed by atoms with Gasteiger partial charge in [-0.15, -0.1) is 11.3 Å². The normalized spacial score (nSPS) is 10.8. The topological polar surface area (TPSA) is 29.1 Å². The Kier molecular flexibility index (Phi) is 4.02. The Balaban J connectivity index is 1.89. The number of thiophene rings is 1. The van der Waals surface area contributed by atoms with Crippen LogP contribution in [0.5, 0.6) is 0 Å². The van der Waals surface area contributed by atoms with E-state index in [0.717, 1.165) is 26.5 Å². The summed E-state index contributed by atoms with van der Waals surface area (Å²) in [6.45, 7) is 1.89. The number of amides is 1. The first-order chi connectivity index (χ1) is 10.0. The molecule has 2 aromatic carbocycles. The first-order valence-corrected chi connectivity index (χ1v) is 8.34. The molecule has 0 unspecified atom stereocenters. The summed E-state index contributed by atoms with van der Waals surface area (Å²) in [5, 5.41) is 7.50. The molecule has 2 nitrogen and oxygen atoms in total. The lowest BCUT2D eigenvalue weighted by Gasteiger charge is -2.06. The van der Waals surface area contributed by atoms with Crippen molar-refractivity contribution in [3.63, 3.8) is 0 Å². The molecule has 0 fully saturated rings. The number of nitrogens with one attached hydrogen (secondary N) is 1. The smallest absolute Gasteiger partial charge is 0.267 e. The molecule has 0 saturated carbocycles. The lowest BCUT2D eigenvalue weighted by Crippen LogP contribution is -2.10. The number of rotatable bonds is 2. The second-order valence-electron chi connectivity index (χ2n) is 4.72. The van der Waals surface area contributed by atoms with Gasteiger partial charge < -0.3 is 5.32 Å². The molecule has 0 atom stereocenters. The van der Waals surface area contributed by atoms with Crippen LogP contribution in [0.1, 0.15) is 15.2 Å². The number of carbonyl (C=O) groups is 1. The van der Waals surface area contributed by atoms with Crippen LogP contribution in [-0.2, 0) is 0 Å². The summed E-state index contributed by atoms with van der Waals surface area (Å²) in [5.74, 6) is -0.172. The number of carbonyl (C=O) groups excluding carboxylic acids is 1. The summed E-state index contributed by atoms with van der Waals surface area (Å²) >= 11 is 10.9. The first kappa shape index (κ1) is 14.6. The summed E-state index contributed by atoms with van der Waals surface area (Å²) in [6, 6.07) is 11.9. The fourth-order valence-corrected chi connectivity index (χ4v) is 3.62. The minimum absolute atomic E-state index is 0.172. The van der Waals surface area contributed by atoms with Crippen LogP contribution >= 0.6 is 38.9 Å². The van der Waals surface area contributed by atoms with E-state index in [2.05, 4.69) is 21.2 Å². The summed E-state index contributed by atoms with van der Waals surface area (Å²) in [5.41, 5.74) is 1.69. The van der Waals surface area contributed by atoms with E-state index < -0.39 is 0 Å². The van der Waals surface area contributed by atoms with Crippen molar-refractivity contribution in [3.8, 4) is 0 Å². The van der Waals surface area contributed by atoms with Crippen LogP contribution in [0.2, 0.25) is 5.02 Å². The predicted molar refractivity (Wildman–Crippen MR) is 93.7 cm³/mol. The second kappa shape index (κ2) is 5.79. The molecule has 0 spiro atoms. The Morgan fingerprint density at radius 3 is 2.62 bits per heavy atom. The Morgan fingerprint density at radius 1 is 1.19 bits per heavy atom. The number of fused-ring (bicyclic) bond motifs is 1. The highest BCUT2D eigenvalue weighted by molar-refractivity contribution is 9.10. The van der Waals surface area contributed by atoms with Crippen LogP contribution in [0, 0.1) is 6.92 Å². The van der Waals surface area contributed by atoms with E-state index in [9.17, 15) is 4.79 Å². The number of anilines is 1. The molecule has 3 aromatic rings. The summed E-state index contributed by atoms with van der Waals surface area (Å²) < 4.78 is 1.03. The van der Waals surface area contributed by atoms with Crippen LogP contribution in [0.15, 0.2) is 46.3 Å². The van der Waals surface area contributed by atoms with Gasteiger partial charge in [-0.1, -0.05) is 39.7 Å². The number of aryl methyl sites for hydroxylation is 1. The zero-order chi connectivity index (χ0) is 15.0. The standard InChI is InChI=1S/C16H11BrClNOS/c1-9-8-21-15(14(9)18)16(20)19-13-5-3-10-6-12(17)4-2-11(10)7-13/h2-8H,1H3,(H,19,20). The number of hydrogen-bond acceptors (Lipinski definition) is 2. The average Bonchev–Trinajstić information content (AvgIpc) is 2.79. The maximum Gasteiger partial charge on any atom is 0.267 e. The molecule has 21 heavy (non-hydrogen) atoms. The van der Waals surface area contributed by atoms with Crippen molar-refractivity contribution in [2.75, 3.05) is 5.32 Å². The molecule has 0 bridgehead atoms. The van der Waals surface area contributed by atoms with Crippen molar-refractivity contribution in [3.05, 3.63) is 61.7 Å². The minimum Gasteiger partial charge on any atom is -0.321 e. The molecular formula is C16H11BrClNOS. The van der Waals surface area contributed by atoms with Crippen LogP contribution < -0.4 is 5.32 Å². The maximum atomic E-state index is 12.2. The molecule has 106 valence electrons. The van der Waals surface area contributed by atoms with Gasteiger partial charge >= 0.3 is 0 Å². The van der Waals surface area contributed by atoms with Crippen molar-refractivity contribution in [2.24, 2.45) is 0 Å². The monoisotopic (exact) mass is 379 g/mol. The van der Waals surface area contributed by atoms with Gasteiger partial charge in [0.25, 0.3) is 5.91 Å². The molecule has 0 aliphatic rings. The SMILES string of the molecule is Cc1csc(C(=O)Nc2ccc3cc(Br)ccc3c2)c1Cl. The van der Waals surface area contributed by atoms with E-state index in [0.29, 0.717) is 9.90 Å². The molecule has 0 aliphatic heterocycles. The third-order valence-corrected chi connectivity index (χ3v) is 5.35. The van der Waals surface area contributed by atoms with E-state index in [1.54, 1.807) is 0 Å². The molecule has 1 heterocycles. The van der Waals surface area contributed by atoms with Crippen molar-refractivity contribution in [1.29, 1.82) is 0 Å². The zero-order valence-corrected chi connectivity index (χ0v) is 14.3. The third-order valence-electron chi connectivity index (χ3n) is 3.17. The Bertz CT molecular complexity index is 843. The molecule has 1 aromatic heterocycles. The van der Waals surface area contributed by atoms with Gasteiger partial charge in [0.15, 0.2) is 0 Å². The summed E-state index contributed by atoms with van der Waals surface area (Å²) in [6.07, 6.45) is 0. The van der Waals surface area contributed by atoms with Gasteiger partial charge in [-0.05, 0) is 52.9 Å². The zero-order valence-electron chi connectivity index (χ0n) is 11.1. The molecule has 3 rings (SSSR count). The number of benzene rings is 2. The second-order valence-corrected chi connectivity index (χ2v) is 6.90. The highest BCUT2D eigenvalue weighted by atomic mass is 79.9. The van der Waals surface area contributed by atoms with Crippen molar-refractivity contribution in [2.45, 2.75) is 6.92 Å². The molecular weight excluding hydrogens is 370 g/mol. The minimum atomic E-state index is -0.172. The van der Waals surface area contributed by atoms with Crippen LogP contribution in [0.4, 0.5) is 5.69 Å². The Morgan fingerprint density at radius 2 is 1.90 bits per heavy atom. The van der Waals surface area contributed by atoms with Crippen molar-refractivity contribution < 1.29 is 4.79 Å². The van der Waals surface area contributed by atoms with E-state index >= 15 is 0 Å². The molecule has 1 N–H and O–H groups in total. The van der Waals surface area contributed by atoms with Crippen LogP contribution in [0.25, 0.3) is 10.8 Å². The van der Waals surface area contributed by atoms with Gasteiger partial charge in [0.1, 0.15) is 4.88 Å². The fourth-order valence-electron chi connectivity index (χ4n) is 2.07. The average molecular weight is 381 g/mol. The highest BCUT2D eigenvalue weighted by Crippen LogP contribution is 2.28. The molecule has 1 amide bonds. The molecule has 0 radical (unpaired) electrons. The van der Waals surface area contributed by atoms with Crippen LogP contribution in [-0.4, -0.2) is 5.91 Å². The van der Waals surface area contributed by atoms with Gasteiger partial charge in [0.05, 0.1) is 5.02 Å². The summed E-state index contributed by atoms with van der Waals surface area (Å²) in [7, 11) is 0. The first-order valence-electron chi connectivity index (χ1n) is 6.29. The Hall–Kier alpha value is -1.36. The van der Waals surface area contributed by atoms with E-state index in [4.69, 9.17) is 11.6 Å². The lowest BCUT2D eigenvalue weighted by atomic mass is 10.1. The quantitative estimate of drug-likeness (QED) is 0.591. The van der Waals surface area contributed by atoms with Gasteiger partial charge in [-0.3, -0.25) is 4.79 Å². The van der Waals surface area contributed by atoms with Gasteiger partial charge in [-0.25, -0.2) is 0 Å². The van der Waals surface area contributed by atoms with E-state index in [1.165, 1.54) is 11.3 Å². The van der Waals surface area contributed by atoms with Gasteiger partial charge in [0.2, 0.25) is 0 Å². The van der Waals surface area contributed by atoms with Gasteiger partial charge in [-0.2, -0.15) is 0 Å². The lowest BCUT2D eigenvalue weighted by molar-refractivity contribution is 0.103.